The molecule has 0 bridgehead atoms. The summed E-state index contributed by atoms with van der Waals surface area (Å²) in [6.07, 6.45) is 1.61. The van der Waals surface area contributed by atoms with Crippen LogP contribution in [0.2, 0.25) is 0 Å². The molecule has 18 heavy (non-hydrogen) atoms. The minimum absolute atomic E-state index is 0.183. The van der Waals surface area contributed by atoms with E-state index >= 15 is 0 Å². The second-order valence-electron chi connectivity index (χ2n) is 4.22. The predicted octanol–water partition coefficient (Wildman–Crippen LogP) is 2.76. The van der Waals surface area contributed by atoms with Crippen LogP contribution in [0.25, 0.3) is 0 Å². The Kier molecular flexibility index (Phi) is 6.21. The fourth-order valence-corrected chi connectivity index (χ4v) is 2.05. The van der Waals surface area contributed by atoms with Crippen molar-refractivity contribution in [2.45, 2.75) is 26.2 Å². The van der Waals surface area contributed by atoms with Gasteiger partial charge in [-0.25, -0.2) is 4.79 Å². The summed E-state index contributed by atoms with van der Waals surface area (Å²) in [5, 5.41) is 17.7. The summed E-state index contributed by atoms with van der Waals surface area (Å²) >= 11 is 1.52. The van der Waals surface area contributed by atoms with Gasteiger partial charge in [0.05, 0.1) is 5.69 Å². The fraction of sp³-hybridized carbons (Fsp3) is 0.500. The minimum Gasteiger partial charge on any atom is -0.481 e. The summed E-state index contributed by atoms with van der Waals surface area (Å²) in [7, 11) is 0. The molecule has 2 amide bonds. The normalized spacial score (nSPS) is 11.8. The van der Waals surface area contributed by atoms with E-state index < -0.39 is 5.97 Å². The molecule has 0 saturated carbocycles. The maximum absolute atomic E-state index is 11.4. The molecule has 0 aliphatic rings. The maximum Gasteiger partial charge on any atom is 0.319 e. The van der Waals surface area contributed by atoms with Gasteiger partial charge in [0, 0.05) is 18.3 Å². The fourth-order valence-electron chi connectivity index (χ4n) is 1.46. The highest BCUT2D eigenvalue weighted by Gasteiger charge is 2.06. The van der Waals surface area contributed by atoms with Gasteiger partial charge in [0.2, 0.25) is 0 Å². The van der Waals surface area contributed by atoms with Crippen LogP contribution in [0.5, 0.6) is 0 Å². The van der Waals surface area contributed by atoms with Crippen molar-refractivity contribution in [3.63, 3.8) is 0 Å². The Morgan fingerprint density at radius 1 is 1.44 bits per heavy atom. The monoisotopic (exact) mass is 270 g/mol. The van der Waals surface area contributed by atoms with Crippen LogP contribution in [-0.4, -0.2) is 23.7 Å². The van der Waals surface area contributed by atoms with Gasteiger partial charge in [0.15, 0.2) is 0 Å². The van der Waals surface area contributed by atoms with E-state index in [-0.39, 0.29) is 12.5 Å². The number of anilines is 1. The van der Waals surface area contributed by atoms with E-state index in [1.165, 1.54) is 11.3 Å². The third-order valence-electron chi connectivity index (χ3n) is 2.55. The molecule has 0 aliphatic heterocycles. The molecular weight excluding hydrogens is 252 g/mol. The number of nitrogens with one attached hydrogen (secondary N) is 2. The molecule has 0 spiro atoms. The number of hydrogen-bond acceptors (Lipinski definition) is 3. The van der Waals surface area contributed by atoms with Crippen LogP contribution in [0.1, 0.15) is 26.2 Å². The van der Waals surface area contributed by atoms with E-state index in [0.717, 1.165) is 12.1 Å². The molecule has 1 atom stereocenters. The molecular formula is C12H18N2O3S. The highest BCUT2D eigenvalue weighted by Crippen LogP contribution is 2.11. The Labute approximate surface area is 110 Å². The van der Waals surface area contributed by atoms with Crippen molar-refractivity contribution >= 4 is 29.0 Å². The molecule has 0 aliphatic carbocycles. The molecule has 0 saturated heterocycles. The van der Waals surface area contributed by atoms with Crippen molar-refractivity contribution < 1.29 is 14.7 Å². The van der Waals surface area contributed by atoms with E-state index in [1.807, 2.05) is 23.8 Å². The molecule has 0 radical (unpaired) electrons. The highest BCUT2D eigenvalue weighted by atomic mass is 32.1. The van der Waals surface area contributed by atoms with Crippen molar-refractivity contribution in [2.75, 3.05) is 11.9 Å². The molecule has 3 N–H and O–H groups in total. The lowest BCUT2D eigenvalue weighted by Gasteiger charge is -2.11. The van der Waals surface area contributed by atoms with Gasteiger partial charge in [0.25, 0.3) is 0 Å². The number of hydrogen-bond donors (Lipinski definition) is 3. The van der Waals surface area contributed by atoms with Crippen molar-refractivity contribution in [1.82, 2.24) is 5.32 Å². The van der Waals surface area contributed by atoms with Gasteiger partial charge in [-0.3, -0.25) is 4.79 Å². The van der Waals surface area contributed by atoms with Gasteiger partial charge in [-0.2, -0.15) is 11.3 Å². The average molecular weight is 270 g/mol. The summed E-state index contributed by atoms with van der Waals surface area (Å²) in [5.74, 6) is -0.479. The smallest absolute Gasteiger partial charge is 0.319 e. The predicted molar refractivity (Wildman–Crippen MR) is 72.0 cm³/mol. The lowest BCUT2D eigenvalue weighted by atomic mass is 10.0. The van der Waals surface area contributed by atoms with Crippen LogP contribution in [0.4, 0.5) is 10.5 Å². The Morgan fingerprint density at radius 2 is 2.22 bits per heavy atom. The van der Waals surface area contributed by atoms with E-state index in [9.17, 15) is 9.59 Å². The van der Waals surface area contributed by atoms with Gasteiger partial charge in [-0.1, -0.05) is 6.92 Å². The number of thiophene rings is 1. The Bertz CT molecular complexity index is 379. The van der Waals surface area contributed by atoms with Crippen LogP contribution >= 0.6 is 11.3 Å². The number of carboxylic acids is 1. The molecule has 1 unspecified atom stereocenters. The highest BCUT2D eigenvalue weighted by molar-refractivity contribution is 7.08. The summed E-state index contributed by atoms with van der Waals surface area (Å²) in [6.45, 7) is 2.54. The minimum atomic E-state index is -0.773. The quantitative estimate of drug-likeness (QED) is 0.713. The Balaban J connectivity index is 2.09. The van der Waals surface area contributed by atoms with Crippen LogP contribution in [0.15, 0.2) is 16.8 Å². The molecule has 5 nitrogen and oxygen atoms in total. The first-order valence-corrected chi connectivity index (χ1v) is 6.81. The Hall–Kier alpha value is -1.56. The second kappa shape index (κ2) is 7.71. The summed E-state index contributed by atoms with van der Waals surface area (Å²) in [4.78, 5) is 21.8. The SMILES string of the molecule is CC(CCNC(=O)Nc1ccsc1)CCC(=O)O. The van der Waals surface area contributed by atoms with E-state index in [0.29, 0.717) is 18.9 Å². The van der Waals surface area contributed by atoms with Gasteiger partial charge < -0.3 is 15.7 Å². The van der Waals surface area contributed by atoms with Crippen LogP contribution < -0.4 is 10.6 Å². The van der Waals surface area contributed by atoms with Crippen molar-refractivity contribution in [2.24, 2.45) is 5.92 Å². The lowest BCUT2D eigenvalue weighted by Crippen LogP contribution is -2.30. The van der Waals surface area contributed by atoms with Crippen molar-refractivity contribution in [3.05, 3.63) is 16.8 Å². The van der Waals surface area contributed by atoms with Crippen LogP contribution in [-0.2, 0) is 4.79 Å². The largest absolute Gasteiger partial charge is 0.481 e. The number of carboxylic acid groups (broad SMARTS) is 1. The molecule has 1 heterocycles. The zero-order valence-corrected chi connectivity index (χ0v) is 11.1. The van der Waals surface area contributed by atoms with Gasteiger partial charge >= 0.3 is 12.0 Å². The van der Waals surface area contributed by atoms with E-state index in [2.05, 4.69) is 10.6 Å². The first-order chi connectivity index (χ1) is 8.58. The Morgan fingerprint density at radius 3 is 2.83 bits per heavy atom. The van der Waals surface area contributed by atoms with Gasteiger partial charge in [-0.05, 0) is 30.2 Å². The number of carbonyl (C=O) groups excluding carboxylic acids is 1. The topological polar surface area (TPSA) is 78.4 Å². The molecule has 6 heteroatoms. The second-order valence-corrected chi connectivity index (χ2v) is 5.00. The molecule has 0 fully saturated rings. The number of carbonyl (C=O) groups is 2. The summed E-state index contributed by atoms with van der Waals surface area (Å²) in [5.41, 5.74) is 0.788. The molecule has 0 aromatic carbocycles. The van der Waals surface area contributed by atoms with E-state index in [1.54, 1.807) is 0 Å². The molecule has 1 aromatic heterocycles. The van der Waals surface area contributed by atoms with Crippen molar-refractivity contribution in [1.29, 1.82) is 0 Å². The molecule has 100 valence electrons. The molecule has 1 aromatic rings. The third kappa shape index (κ3) is 6.24. The molecule has 1 rings (SSSR count). The summed E-state index contributed by atoms with van der Waals surface area (Å²) in [6, 6.07) is 1.61. The first kappa shape index (κ1) is 14.5. The number of aliphatic carboxylic acids is 1. The average Bonchev–Trinajstić information content (AvgIpc) is 2.79. The maximum atomic E-state index is 11.4. The van der Waals surface area contributed by atoms with Crippen molar-refractivity contribution in [3.8, 4) is 0 Å². The zero-order valence-electron chi connectivity index (χ0n) is 10.3. The van der Waals surface area contributed by atoms with Gasteiger partial charge in [-0.15, -0.1) is 0 Å². The third-order valence-corrected chi connectivity index (χ3v) is 3.24. The number of amides is 2. The zero-order chi connectivity index (χ0) is 13.4. The number of rotatable bonds is 7. The van der Waals surface area contributed by atoms with Gasteiger partial charge in [0.1, 0.15) is 0 Å². The van der Waals surface area contributed by atoms with Crippen LogP contribution in [0.3, 0.4) is 0 Å². The first-order valence-electron chi connectivity index (χ1n) is 5.86. The summed E-state index contributed by atoms with van der Waals surface area (Å²) < 4.78 is 0. The van der Waals surface area contributed by atoms with E-state index in [4.69, 9.17) is 5.11 Å². The lowest BCUT2D eigenvalue weighted by molar-refractivity contribution is -0.137. The van der Waals surface area contributed by atoms with Crippen LogP contribution in [0, 0.1) is 5.92 Å². The standard InChI is InChI=1S/C12H18N2O3S/c1-9(2-3-11(15)16)4-6-13-12(17)14-10-5-7-18-8-10/h5,7-9H,2-4,6H2,1H3,(H,15,16)(H2,13,14,17). The number of urea groups is 1.